The summed E-state index contributed by atoms with van der Waals surface area (Å²) in [6, 6.07) is 11.7. The Labute approximate surface area is 192 Å². The highest BCUT2D eigenvalue weighted by Gasteiger charge is 2.44. The first-order valence-electron chi connectivity index (χ1n) is 10.1. The molecule has 0 saturated carbocycles. The van der Waals surface area contributed by atoms with Crippen LogP contribution in [0.15, 0.2) is 41.4 Å². The van der Waals surface area contributed by atoms with Crippen LogP contribution in [0.5, 0.6) is 0 Å². The van der Waals surface area contributed by atoms with Crippen molar-refractivity contribution < 1.29 is 4.74 Å². The van der Waals surface area contributed by atoms with Crippen molar-refractivity contribution in [3.8, 4) is 0 Å². The van der Waals surface area contributed by atoms with Crippen molar-refractivity contribution in [3.63, 3.8) is 0 Å². The van der Waals surface area contributed by atoms with Crippen molar-refractivity contribution >= 4 is 52.0 Å². The van der Waals surface area contributed by atoms with Crippen LogP contribution in [0.25, 0.3) is 0 Å². The van der Waals surface area contributed by atoms with Gasteiger partial charge in [-0.2, -0.15) is 0 Å². The first-order chi connectivity index (χ1) is 14.5. The predicted octanol–water partition coefficient (Wildman–Crippen LogP) is 5.25. The first-order valence-corrected chi connectivity index (χ1v) is 11.2. The Morgan fingerprint density at radius 2 is 1.87 bits per heavy atom. The zero-order valence-corrected chi connectivity index (χ0v) is 19.1. The van der Waals surface area contributed by atoms with E-state index in [4.69, 9.17) is 44.5 Å². The van der Waals surface area contributed by atoms with Gasteiger partial charge in [-0.3, -0.25) is 4.99 Å². The number of ether oxygens (including phenoxy) is 1. The maximum Gasteiger partial charge on any atom is 0.130 e. The molecule has 1 spiro atoms. The minimum atomic E-state index is -0.276. The number of methoxy groups -OCH3 is 1. The number of piperidine rings is 1. The molecule has 0 aliphatic carbocycles. The van der Waals surface area contributed by atoms with E-state index in [1.165, 1.54) is 0 Å². The number of fused-ring (bicyclic) bond motifs is 1. The summed E-state index contributed by atoms with van der Waals surface area (Å²) in [7, 11) is 1.71. The number of rotatable bonds is 5. The number of benzene rings is 2. The monoisotopic (exact) mass is 466 g/mol. The van der Waals surface area contributed by atoms with E-state index in [0.29, 0.717) is 34.8 Å². The zero-order valence-electron chi connectivity index (χ0n) is 16.9. The molecule has 0 atom stereocenters. The lowest BCUT2D eigenvalue weighted by Crippen LogP contribution is -2.62. The molecule has 1 saturated heterocycles. The number of nitrogens with one attached hydrogen (secondary N) is 2. The molecule has 0 radical (unpaired) electrons. The molecule has 30 heavy (non-hydrogen) atoms. The van der Waals surface area contributed by atoms with Crippen LogP contribution in [0.1, 0.15) is 18.4 Å². The largest absolute Gasteiger partial charge is 0.383 e. The van der Waals surface area contributed by atoms with Gasteiger partial charge in [0.2, 0.25) is 0 Å². The molecule has 8 heteroatoms. The summed E-state index contributed by atoms with van der Waals surface area (Å²) < 4.78 is 5.41. The third kappa shape index (κ3) is 4.41. The first kappa shape index (κ1) is 21.7. The standard InChI is InChI=1S/C22H25Cl3N4O/c1-30-10-9-29-20-13-18(25)17(24)12-19(20)28-22(5-7-26-8-6-22)21(29)27-14-15-3-2-4-16(23)11-15/h2-4,11-13,26,28H,5-10,14H2,1H3. The Hall–Kier alpha value is -1.50. The molecule has 1 fully saturated rings. The third-order valence-corrected chi connectivity index (χ3v) is 6.62. The van der Waals surface area contributed by atoms with E-state index in [2.05, 4.69) is 15.5 Å². The molecule has 0 unspecified atom stereocenters. The molecule has 2 aromatic carbocycles. The van der Waals surface area contributed by atoms with Crippen LogP contribution in [0.3, 0.4) is 0 Å². The highest BCUT2D eigenvalue weighted by atomic mass is 35.5. The van der Waals surface area contributed by atoms with Crippen LogP contribution in [0.4, 0.5) is 11.4 Å². The number of hydrogen-bond acceptors (Lipinski definition) is 4. The van der Waals surface area contributed by atoms with Crippen LogP contribution >= 0.6 is 34.8 Å². The summed E-state index contributed by atoms with van der Waals surface area (Å²) in [6.45, 7) is 3.62. The number of nitrogens with zero attached hydrogens (tertiary/aromatic N) is 2. The number of amidine groups is 1. The average molecular weight is 468 g/mol. The Balaban J connectivity index is 1.80. The third-order valence-electron chi connectivity index (χ3n) is 5.66. The number of halogens is 3. The van der Waals surface area contributed by atoms with Crippen LogP contribution in [0.2, 0.25) is 15.1 Å². The molecule has 2 aliphatic rings. The van der Waals surface area contributed by atoms with E-state index in [1.54, 1.807) is 7.11 Å². The highest BCUT2D eigenvalue weighted by Crippen LogP contribution is 2.43. The van der Waals surface area contributed by atoms with Gasteiger partial charge in [0.15, 0.2) is 0 Å². The van der Waals surface area contributed by atoms with E-state index >= 15 is 0 Å². The van der Waals surface area contributed by atoms with Crippen LogP contribution in [0, 0.1) is 0 Å². The lowest BCUT2D eigenvalue weighted by molar-refractivity contribution is 0.207. The summed E-state index contributed by atoms with van der Waals surface area (Å²) in [6.07, 6.45) is 1.84. The molecule has 2 aromatic rings. The molecule has 2 heterocycles. The lowest BCUT2D eigenvalue weighted by Gasteiger charge is -2.49. The number of anilines is 2. The fourth-order valence-corrected chi connectivity index (χ4v) is 4.73. The Morgan fingerprint density at radius 1 is 1.10 bits per heavy atom. The SMILES string of the molecule is COCCN1C(=NCc2cccc(Cl)c2)C2(CCNCC2)Nc2cc(Cl)c(Cl)cc21. The van der Waals surface area contributed by atoms with Gasteiger partial charge in [0, 0.05) is 18.7 Å². The van der Waals surface area contributed by atoms with Gasteiger partial charge in [-0.15, -0.1) is 0 Å². The quantitative estimate of drug-likeness (QED) is 0.631. The molecule has 160 valence electrons. The summed E-state index contributed by atoms with van der Waals surface area (Å²) in [5, 5.41) is 9.00. The predicted molar refractivity (Wildman–Crippen MR) is 127 cm³/mol. The fourth-order valence-electron chi connectivity index (χ4n) is 4.20. The minimum Gasteiger partial charge on any atom is -0.383 e. The van der Waals surface area contributed by atoms with E-state index in [1.807, 2.05) is 36.4 Å². The second kappa shape index (κ2) is 9.33. The Kier molecular flexibility index (Phi) is 6.75. The lowest BCUT2D eigenvalue weighted by atomic mass is 9.83. The van der Waals surface area contributed by atoms with Crippen LogP contribution in [-0.4, -0.2) is 44.7 Å². The van der Waals surface area contributed by atoms with Gasteiger partial charge in [-0.1, -0.05) is 46.9 Å². The topological polar surface area (TPSA) is 48.9 Å². The normalized spacial score (nSPS) is 19.1. The maximum atomic E-state index is 6.38. The smallest absolute Gasteiger partial charge is 0.130 e. The van der Waals surface area contributed by atoms with Gasteiger partial charge >= 0.3 is 0 Å². The number of hydrogen-bond donors (Lipinski definition) is 2. The van der Waals surface area contributed by atoms with Crippen molar-refractivity contribution in [1.82, 2.24) is 5.32 Å². The van der Waals surface area contributed by atoms with Gasteiger partial charge in [0.05, 0.1) is 40.1 Å². The highest BCUT2D eigenvalue weighted by molar-refractivity contribution is 6.42. The summed E-state index contributed by atoms with van der Waals surface area (Å²) in [5.74, 6) is 1.01. The van der Waals surface area contributed by atoms with Gasteiger partial charge in [-0.25, -0.2) is 0 Å². The van der Waals surface area contributed by atoms with Gasteiger partial charge in [0.25, 0.3) is 0 Å². The summed E-state index contributed by atoms with van der Waals surface area (Å²) in [5.41, 5.74) is 2.74. The zero-order chi connectivity index (χ0) is 21.1. The second-order valence-corrected chi connectivity index (χ2v) is 8.91. The molecular weight excluding hydrogens is 443 g/mol. The molecule has 2 N–H and O–H groups in total. The molecular formula is C22H25Cl3N4O. The van der Waals surface area contributed by atoms with Crippen LogP contribution in [-0.2, 0) is 11.3 Å². The fraction of sp³-hybridized carbons (Fsp3) is 0.409. The molecule has 0 amide bonds. The average Bonchev–Trinajstić information content (AvgIpc) is 2.73. The molecule has 5 nitrogen and oxygen atoms in total. The van der Waals surface area contributed by atoms with E-state index in [9.17, 15) is 0 Å². The summed E-state index contributed by atoms with van der Waals surface area (Å²) >= 11 is 18.9. The summed E-state index contributed by atoms with van der Waals surface area (Å²) in [4.78, 5) is 7.35. The molecule has 0 aromatic heterocycles. The van der Waals surface area contributed by atoms with Gasteiger partial charge in [0.1, 0.15) is 5.84 Å². The van der Waals surface area contributed by atoms with E-state index < -0.39 is 0 Å². The van der Waals surface area contributed by atoms with Crippen molar-refractivity contribution in [2.24, 2.45) is 4.99 Å². The van der Waals surface area contributed by atoms with Crippen molar-refractivity contribution in [2.45, 2.75) is 24.9 Å². The van der Waals surface area contributed by atoms with E-state index in [-0.39, 0.29) is 5.54 Å². The van der Waals surface area contributed by atoms with Crippen molar-refractivity contribution in [1.29, 1.82) is 0 Å². The van der Waals surface area contributed by atoms with Gasteiger partial charge < -0.3 is 20.3 Å². The van der Waals surface area contributed by atoms with E-state index in [0.717, 1.165) is 48.7 Å². The van der Waals surface area contributed by atoms with Gasteiger partial charge in [-0.05, 0) is 55.8 Å². The van der Waals surface area contributed by atoms with Crippen molar-refractivity contribution in [2.75, 3.05) is 43.6 Å². The molecule has 2 aliphatic heterocycles. The molecule has 0 bridgehead atoms. The Bertz CT molecular complexity index is 944. The van der Waals surface area contributed by atoms with Crippen molar-refractivity contribution in [3.05, 3.63) is 57.0 Å². The maximum absolute atomic E-state index is 6.38. The van der Waals surface area contributed by atoms with Crippen LogP contribution < -0.4 is 15.5 Å². The minimum absolute atomic E-state index is 0.276. The second-order valence-electron chi connectivity index (χ2n) is 7.65. The Morgan fingerprint density at radius 3 is 2.60 bits per heavy atom. The molecule has 4 rings (SSSR count). The number of aliphatic imine (C=N–C) groups is 1.